The molecule has 2 aromatic rings. The third-order valence-corrected chi connectivity index (χ3v) is 2.34. The molecule has 0 N–H and O–H groups in total. The lowest BCUT2D eigenvalue weighted by atomic mass is 10.2. The maximum atomic E-state index is 12.0. The van der Waals surface area contributed by atoms with Gasteiger partial charge in [-0.25, -0.2) is 4.79 Å². The molecule has 0 spiro atoms. The van der Waals surface area contributed by atoms with E-state index in [1.807, 2.05) is 6.07 Å². The van der Waals surface area contributed by atoms with E-state index in [-0.39, 0.29) is 0 Å². The van der Waals surface area contributed by atoms with Crippen molar-refractivity contribution >= 4 is 29.0 Å². The lowest BCUT2D eigenvalue weighted by molar-refractivity contribution is 0.0735. The second kappa shape index (κ2) is 5.87. The molecular weight excluding hydrogens is 246 g/mol. The summed E-state index contributed by atoms with van der Waals surface area (Å²) >= 11 is 4.54. The number of para-hydroxylation sites is 2. The number of ether oxygens (including phenoxy) is 1. The highest BCUT2D eigenvalue weighted by Gasteiger charge is 2.12. The normalized spacial score (nSPS) is 9.33. The smallest absolute Gasteiger partial charge is 0.345 e. The van der Waals surface area contributed by atoms with Crippen LogP contribution in [0.25, 0.3) is 0 Å². The summed E-state index contributed by atoms with van der Waals surface area (Å²) in [6.45, 7) is 0. The SMILES string of the molecule is O=C(Oc1ccccc1)c1ccccc1N=C=S. The standard InChI is InChI=1S/C14H9NO2S/c16-14(17-11-6-2-1-3-7-11)12-8-4-5-9-13(12)15-10-18/h1-9H. The summed E-state index contributed by atoms with van der Waals surface area (Å²) in [7, 11) is 0. The molecule has 3 nitrogen and oxygen atoms in total. The minimum Gasteiger partial charge on any atom is -0.423 e. The molecule has 0 fully saturated rings. The third-order valence-electron chi connectivity index (χ3n) is 2.24. The molecule has 0 unspecified atom stereocenters. The molecule has 0 radical (unpaired) electrons. The van der Waals surface area contributed by atoms with Gasteiger partial charge in [0.15, 0.2) is 0 Å². The summed E-state index contributed by atoms with van der Waals surface area (Å²) in [4.78, 5) is 15.8. The molecule has 2 aromatic carbocycles. The first-order valence-corrected chi connectivity index (χ1v) is 5.66. The van der Waals surface area contributed by atoms with Crippen LogP contribution in [0.3, 0.4) is 0 Å². The van der Waals surface area contributed by atoms with Gasteiger partial charge >= 0.3 is 5.97 Å². The van der Waals surface area contributed by atoms with Gasteiger partial charge in [0, 0.05) is 0 Å². The number of aliphatic imine (C=N–C) groups is 1. The molecule has 0 saturated heterocycles. The van der Waals surface area contributed by atoms with E-state index in [1.165, 1.54) is 0 Å². The van der Waals surface area contributed by atoms with Crippen molar-refractivity contribution in [3.8, 4) is 5.75 Å². The molecule has 88 valence electrons. The van der Waals surface area contributed by atoms with Gasteiger partial charge in [0.25, 0.3) is 0 Å². The van der Waals surface area contributed by atoms with Gasteiger partial charge in [-0.15, -0.1) is 0 Å². The van der Waals surface area contributed by atoms with E-state index in [4.69, 9.17) is 4.74 Å². The van der Waals surface area contributed by atoms with Crippen LogP contribution < -0.4 is 4.74 Å². The van der Waals surface area contributed by atoms with Gasteiger partial charge in [0.1, 0.15) is 5.75 Å². The predicted octanol–water partition coefficient (Wildman–Crippen LogP) is 3.64. The topological polar surface area (TPSA) is 38.7 Å². The fraction of sp³-hybridized carbons (Fsp3) is 0. The maximum Gasteiger partial charge on any atom is 0.345 e. The molecule has 0 atom stereocenters. The Morgan fingerprint density at radius 1 is 1.06 bits per heavy atom. The van der Waals surface area contributed by atoms with Gasteiger partial charge in [-0.1, -0.05) is 30.3 Å². The van der Waals surface area contributed by atoms with Gasteiger partial charge in [-0.3, -0.25) is 0 Å². The molecular formula is C14H9NO2S. The molecule has 0 aliphatic carbocycles. The molecule has 4 heteroatoms. The van der Waals surface area contributed by atoms with Gasteiger partial charge in [-0.05, 0) is 36.5 Å². The van der Waals surface area contributed by atoms with Crippen molar-refractivity contribution in [1.29, 1.82) is 0 Å². The number of carbonyl (C=O) groups is 1. The molecule has 0 heterocycles. The van der Waals surface area contributed by atoms with Crippen LogP contribution in [-0.2, 0) is 0 Å². The van der Waals surface area contributed by atoms with E-state index >= 15 is 0 Å². The van der Waals surface area contributed by atoms with E-state index in [2.05, 4.69) is 22.4 Å². The number of hydrogen-bond donors (Lipinski definition) is 0. The van der Waals surface area contributed by atoms with Crippen LogP contribution in [0.2, 0.25) is 0 Å². The van der Waals surface area contributed by atoms with Crippen molar-refractivity contribution in [3.05, 3.63) is 60.2 Å². The molecule has 2 rings (SSSR count). The summed E-state index contributed by atoms with van der Waals surface area (Å²) in [5, 5.41) is 2.24. The number of hydrogen-bond acceptors (Lipinski definition) is 4. The number of esters is 1. The highest BCUT2D eigenvalue weighted by Crippen LogP contribution is 2.20. The number of nitrogens with zero attached hydrogens (tertiary/aromatic N) is 1. The summed E-state index contributed by atoms with van der Waals surface area (Å²) in [6.07, 6.45) is 0. The van der Waals surface area contributed by atoms with E-state index in [0.29, 0.717) is 17.0 Å². The lowest BCUT2D eigenvalue weighted by Crippen LogP contribution is -2.08. The van der Waals surface area contributed by atoms with Crippen LogP contribution in [0.1, 0.15) is 10.4 Å². The van der Waals surface area contributed by atoms with Crippen molar-refractivity contribution < 1.29 is 9.53 Å². The molecule has 0 aromatic heterocycles. The largest absolute Gasteiger partial charge is 0.423 e. The molecule has 0 aliphatic rings. The molecule has 18 heavy (non-hydrogen) atoms. The average molecular weight is 255 g/mol. The Balaban J connectivity index is 2.27. The van der Waals surface area contributed by atoms with E-state index in [0.717, 1.165) is 0 Å². The lowest BCUT2D eigenvalue weighted by Gasteiger charge is -2.05. The van der Waals surface area contributed by atoms with Crippen molar-refractivity contribution in [2.75, 3.05) is 0 Å². The zero-order valence-corrected chi connectivity index (χ0v) is 10.2. The summed E-state index contributed by atoms with van der Waals surface area (Å²) < 4.78 is 5.23. The quantitative estimate of drug-likeness (QED) is 0.364. The number of benzene rings is 2. The number of thiocarbonyl (C=S) groups is 1. The second-order valence-electron chi connectivity index (χ2n) is 3.42. The van der Waals surface area contributed by atoms with Gasteiger partial charge in [0.05, 0.1) is 16.4 Å². The van der Waals surface area contributed by atoms with Crippen molar-refractivity contribution in [1.82, 2.24) is 0 Å². The molecule has 0 bridgehead atoms. The Hall–Kier alpha value is -2.29. The predicted molar refractivity (Wildman–Crippen MR) is 72.5 cm³/mol. The van der Waals surface area contributed by atoms with Crippen molar-refractivity contribution in [2.45, 2.75) is 0 Å². The van der Waals surface area contributed by atoms with Crippen molar-refractivity contribution in [2.24, 2.45) is 4.99 Å². The Labute approximate surface area is 110 Å². The number of carbonyl (C=O) groups excluding carboxylic acids is 1. The van der Waals surface area contributed by atoms with Crippen molar-refractivity contribution in [3.63, 3.8) is 0 Å². The first kappa shape index (κ1) is 12.2. The monoisotopic (exact) mass is 255 g/mol. The zero-order valence-electron chi connectivity index (χ0n) is 9.37. The average Bonchev–Trinajstić information content (AvgIpc) is 2.41. The third kappa shape index (κ3) is 2.88. The van der Waals surface area contributed by atoms with Crippen LogP contribution in [0.4, 0.5) is 5.69 Å². The summed E-state index contributed by atoms with van der Waals surface area (Å²) in [5.74, 6) is 0.0226. The number of isothiocyanates is 1. The highest BCUT2D eigenvalue weighted by atomic mass is 32.1. The van der Waals surface area contributed by atoms with E-state index in [9.17, 15) is 4.79 Å². The van der Waals surface area contributed by atoms with Crippen LogP contribution in [0.5, 0.6) is 5.75 Å². The van der Waals surface area contributed by atoms with Gasteiger partial charge < -0.3 is 4.74 Å². The van der Waals surface area contributed by atoms with Crippen LogP contribution in [0, 0.1) is 0 Å². The molecule has 0 aliphatic heterocycles. The summed E-state index contributed by atoms with van der Waals surface area (Å²) in [5.41, 5.74) is 0.812. The van der Waals surface area contributed by atoms with E-state index < -0.39 is 5.97 Å². The maximum absolute atomic E-state index is 12.0. The summed E-state index contributed by atoms with van der Waals surface area (Å²) in [6, 6.07) is 15.7. The minimum absolute atomic E-state index is 0.360. The highest BCUT2D eigenvalue weighted by molar-refractivity contribution is 7.78. The Kier molecular flexibility index (Phi) is 3.97. The first-order valence-electron chi connectivity index (χ1n) is 5.25. The molecule has 0 saturated carbocycles. The first-order chi connectivity index (χ1) is 8.81. The number of rotatable bonds is 3. The molecule has 0 amide bonds. The van der Waals surface area contributed by atoms with Gasteiger partial charge in [0.2, 0.25) is 0 Å². The minimum atomic E-state index is -0.467. The van der Waals surface area contributed by atoms with Gasteiger partial charge in [-0.2, -0.15) is 4.99 Å². The Bertz CT molecular complexity index is 604. The van der Waals surface area contributed by atoms with Crippen LogP contribution in [-0.4, -0.2) is 11.1 Å². The fourth-order valence-corrected chi connectivity index (χ4v) is 1.54. The Morgan fingerprint density at radius 3 is 2.44 bits per heavy atom. The fourth-order valence-electron chi connectivity index (χ4n) is 1.44. The van der Waals surface area contributed by atoms with Crippen LogP contribution in [0.15, 0.2) is 59.6 Å². The van der Waals surface area contributed by atoms with Crippen LogP contribution >= 0.6 is 12.2 Å². The zero-order chi connectivity index (χ0) is 12.8. The van der Waals surface area contributed by atoms with E-state index in [1.54, 1.807) is 48.5 Å². The second-order valence-corrected chi connectivity index (χ2v) is 3.61. The Morgan fingerprint density at radius 2 is 1.72 bits per heavy atom.